The Kier molecular flexibility index (Phi) is 4.99. The van der Waals surface area contributed by atoms with Crippen LogP contribution < -0.4 is 0 Å². The fourth-order valence-corrected chi connectivity index (χ4v) is 3.25. The van der Waals surface area contributed by atoms with Gasteiger partial charge < -0.3 is 14.4 Å². The van der Waals surface area contributed by atoms with Gasteiger partial charge in [-0.15, -0.1) is 0 Å². The van der Waals surface area contributed by atoms with Gasteiger partial charge in [-0.3, -0.25) is 4.79 Å². The number of hydrogen-bond donors (Lipinski definition) is 1. The second-order valence-electron chi connectivity index (χ2n) is 6.22. The molecule has 0 aliphatic heterocycles. The zero-order chi connectivity index (χ0) is 16.9. The van der Waals surface area contributed by atoms with Crippen molar-refractivity contribution in [2.75, 3.05) is 0 Å². The van der Waals surface area contributed by atoms with E-state index in [-0.39, 0.29) is 23.9 Å². The first-order valence-electron chi connectivity index (χ1n) is 8.27. The van der Waals surface area contributed by atoms with E-state index in [1.807, 2.05) is 17.0 Å². The van der Waals surface area contributed by atoms with E-state index in [9.17, 15) is 9.59 Å². The maximum atomic E-state index is 12.8. The molecular weight excluding hydrogens is 306 g/mol. The number of rotatable bonds is 6. The van der Waals surface area contributed by atoms with E-state index in [2.05, 4.69) is 0 Å². The van der Waals surface area contributed by atoms with Crippen molar-refractivity contribution in [1.29, 1.82) is 0 Å². The minimum Gasteiger partial charge on any atom is -0.478 e. The van der Waals surface area contributed by atoms with E-state index in [0.29, 0.717) is 6.54 Å². The lowest BCUT2D eigenvalue weighted by atomic mass is 10.1. The summed E-state index contributed by atoms with van der Waals surface area (Å²) in [7, 11) is 0. The number of carboxylic acid groups (broad SMARTS) is 1. The van der Waals surface area contributed by atoms with Crippen LogP contribution in [-0.2, 0) is 17.8 Å². The van der Waals surface area contributed by atoms with E-state index in [1.165, 1.54) is 12.1 Å². The molecule has 3 rings (SSSR count). The van der Waals surface area contributed by atoms with Crippen LogP contribution in [-0.4, -0.2) is 27.9 Å². The summed E-state index contributed by atoms with van der Waals surface area (Å²) >= 11 is 0. The third-order valence-corrected chi connectivity index (χ3v) is 4.55. The van der Waals surface area contributed by atoms with Crippen LogP contribution in [0.25, 0.3) is 0 Å². The zero-order valence-electron chi connectivity index (χ0n) is 13.5. The van der Waals surface area contributed by atoms with E-state index >= 15 is 0 Å². The van der Waals surface area contributed by atoms with Gasteiger partial charge in [0.25, 0.3) is 0 Å². The number of amides is 1. The topological polar surface area (TPSA) is 70.8 Å². The van der Waals surface area contributed by atoms with Gasteiger partial charge in [0.1, 0.15) is 5.76 Å². The Hall–Kier alpha value is -2.56. The average molecular weight is 327 g/mol. The fourth-order valence-electron chi connectivity index (χ4n) is 3.25. The van der Waals surface area contributed by atoms with Crippen LogP contribution >= 0.6 is 0 Å². The van der Waals surface area contributed by atoms with Crippen molar-refractivity contribution in [3.8, 4) is 0 Å². The van der Waals surface area contributed by atoms with Crippen molar-refractivity contribution in [3.63, 3.8) is 0 Å². The van der Waals surface area contributed by atoms with Crippen LogP contribution in [0, 0.1) is 0 Å². The monoisotopic (exact) mass is 327 g/mol. The number of carbonyl (C=O) groups excluding carboxylic acids is 1. The van der Waals surface area contributed by atoms with Crippen LogP contribution in [0.2, 0.25) is 0 Å². The molecule has 1 saturated carbocycles. The van der Waals surface area contributed by atoms with Gasteiger partial charge in [0.15, 0.2) is 0 Å². The Balaban J connectivity index is 1.71. The Morgan fingerprint density at radius 1 is 1.12 bits per heavy atom. The molecule has 0 spiro atoms. The maximum Gasteiger partial charge on any atom is 0.335 e. The molecule has 0 radical (unpaired) electrons. The number of carboxylic acids is 1. The summed E-state index contributed by atoms with van der Waals surface area (Å²) in [5.74, 6) is -0.115. The van der Waals surface area contributed by atoms with E-state index in [1.54, 1.807) is 18.4 Å². The quantitative estimate of drug-likeness (QED) is 0.881. The lowest BCUT2D eigenvalue weighted by molar-refractivity contribution is -0.133. The largest absolute Gasteiger partial charge is 0.478 e. The molecule has 24 heavy (non-hydrogen) atoms. The minimum absolute atomic E-state index is 0.0568. The molecule has 0 saturated heterocycles. The molecule has 0 bridgehead atoms. The third kappa shape index (κ3) is 3.85. The summed E-state index contributed by atoms with van der Waals surface area (Å²) in [6.45, 7) is 0.490. The molecule has 1 aliphatic rings. The molecule has 5 heteroatoms. The van der Waals surface area contributed by atoms with Crippen LogP contribution in [0.4, 0.5) is 0 Å². The molecule has 1 fully saturated rings. The SMILES string of the molecule is O=C(O)c1ccc(CC(=O)N(Cc2ccco2)C2CCCC2)cc1. The summed E-state index contributed by atoms with van der Waals surface area (Å²) in [6.07, 6.45) is 6.27. The first kappa shape index (κ1) is 16.3. The third-order valence-electron chi connectivity index (χ3n) is 4.55. The number of nitrogens with zero attached hydrogens (tertiary/aromatic N) is 1. The van der Waals surface area contributed by atoms with Crippen LogP contribution in [0.3, 0.4) is 0 Å². The first-order valence-corrected chi connectivity index (χ1v) is 8.27. The summed E-state index contributed by atoms with van der Waals surface area (Å²) in [5.41, 5.74) is 1.06. The average Bonchev–Trinajstić information content (AvgIpc) is 3.26. The van der Waals surface area contributed by atoms with Gasteiger partial charge in [-0.05, 0) is 42.7 Å². The van der Waals surface area contributed by atoms with Gasteiger partial charge in [0.2, 0.25) is 5.91 Å². The molecule has 126 valence electrons. The van der Waals surface area contributed by atoms with Crippen LogP contribution in [0.15, 0.2) is 47.1 Å². The van der Waals surface area contributed by atoms with Crippen molar-refractivity contribution < 1.29 is 19.1 Å². The highest BCUT2D eigenvalue weighted by atomic mass is 16.4. The summed E-state index contributed by atoms with van der Waals surface area (Å²) in [6, 6.07) is 10.5. The molecule has 1 aromatic heterocycles. The number of aromatic carboxylic acids is 1. The highest BCUT2D eigenvalue weighted by Gasteiger charge is 2.27. The van der Waals surface area contributed by atoms with Gasteiger partial charge in [-0.25, -0.2) is 4.79 Å². The molecule has 2 aromatic rings. The standard InChI is InChI=1S/C19H21NO4/c21-18(12-14-7-9-15(10-8-14)19(22)23)20(16-4-1-2-5-16)13-17-6-3-11-24-17/h3,6-11,16H,1-2,4-5,12-13H2,(H,22,23). The molecule has 1 aromatic carbocycles. The van der Waals surface area contributed by atoms with Crippen molar-refractivity contribution in [2.24, 2.45) is 0 Å². The van der Waals surface area contributed by atoms with Gasteiger partial charge in [-0.1, -0.05) is 25.0 Å². The number of carbonyl (C=O) groups is 2. The summed E-state index contributed by atoms with van der Waals surface area (Å²) in [5, 5.41) is 8.95. The highest BCUT2D eigenvalue weighted by molar-refractivity contribution is 5.87. The lowest BCUT2D eigenvalue weighted by Crippen LogP contribution is -2.39. The molecule has 0 unspecified atom stereocenters. The van der Waals surface area contributed by atoms with Gasteiger partial charge >= 0.3 is 5.97 Å². The first-order chi connectivity index (χ1) is 11.6. The Morgan fingerprint density at radius 2 is 1.83 bits per heavy atom. The Bertz CT molecular complexity index is 685. The molecule has 1 heterocycles. The molecule has 1 aliphatic carbocycles. The normalized spacial score (nSPS) is 14.7. The maximum absolute atomic E-state index is 12.8. The number of hydrogen-bond acceptors (Lipinski definition) is 3. The summed E-state index contributed by atoms with van der Waals surface area (Å²) < 4.78 is 5.41. The van der Waals surface area contributed by atoms with Gasteiger partial charge in [0.05, 0.1) is 24.8 Å². The second kappa shape index (κ2) is 7.34. The predicted octanol–water partition coefficient (Wildman–Crippen LogP) is 3.49. The van der Waals surface area contributed by atoms with E-state index in [0.717, 1.165) is 37.0 Å². The summed E-state index contributed by atoms with van der Waals surface area (Å²) in [4.78, 5) is 25.6. The molecule has 1 N–H and O–H groups in total. The molecule has 1 amide bonds. The Morgan fingerprint density at radius 3 is 2.42 bits per heavy atom. The van der Waals surface area contributed by atoms with Crippen molar-refractivity contribution in [2.45, 2.75) is 44.7 Å². The van der Waals surface area contributed by atoms with Crippen molar-refractivity contribution in [1.82, 2.24) is 4.90 Å². The molecular formula is C19H21NO4. The Labute approximate surface area is 140 Å². The number of benzene rings is 1. The van der Waals surface area contributed by atoms with Crippen LogP contribution in [0.1, 0.15) is 47.4 Å². The molecule has 0 atom stereocenters. The van der Waals surface area contributed by atoms with Crippen molar-refractivity contribution in [3.05, 3.63) is 59.5 Å². The smallest absolute Gasteiger partial charge is 0.335 e. The van der Waals surface area contributed by atoms with Gasteiger partial charge in [-0.2, -0.15) is 0 Å². The second-order valence-corrected chi connectivity index (χ2v) is 6.22. The predicted molar refractivity (Wildman–Crippen MR) is 88.6 cm³/mol. The highest BCUT2D eigenvalue weighted by Crippen LogP contribution is 2.26. The fraction of sp³-hybridized carbons (Fsp3) is 0.368. The van der Waals surface area contributed by atoms with Crippen molar-refractivity contribution >= 4 is 11.9 Å². The van der Waals surface area contributed by atoms with Crippen LogP contribution in [0.5, 0.6) is 0 Å². The lowest BCUT2D eigenvalue weighted by Gasteiger charge is -2.28. The number of furan rings is 1. The zero-order valence-corrected chi connectivity index (χ0v) is 13.5. The van der Waals surface area contributed by atoms with E-state index in [4.69, 9.17) is 9.52 Å². The van der Waals surface area contributed by atoms with E-state index < -0.39 is 5.97 Å². The minimum atomic E-state index is -0.960. The molecule has 5 nitrogen and oxygen atoms in total. The van der Waals surface area contributed by atoms with Gasteiger partial charge in [0, 0.05) is 6.04 Å².